The van der Waals surface area contributed by atoms with Crippen molar-refractivity contribution >= 4 is 29.3 Å². The van der Waals surface area contributed by atoms with Crippen LogP contribution >= 0.6 is 0 Å². The van der Waals surface area contributed by atoms with Crippen molar-refractivity contribution in [3.63, 3.8) is 0 Å². The van der Waals surface area contributed by atoms with E-state index in [0.717, 1.165) is 0 Å². The van der Waals surface area contributed by atoms with Crippen molar-refractivity contribution in [3.8, 4) is 0 Å². The largest absolute Gasteiger partial charge is 0.907 e. The average Bonchev–Trinajstić information content (AvgIpc) is 1.76. The fourth-order valence-corrected chi connectivity index (χ4v) is 0. The van der Waals surface area contributed by atoms with E-state index in [9.17, 15) is 0 Å². The van der Waals surface area contributed by atoms with Gasteiger partial charge in [-0.25, -0.2) is 0 Å². The first kappa shape index (κ1) is 42.9. The van der Waals surface area contributed by atoms with E-state index >= 15 is 0 Å². The Hall–Kier alpha value is 2.00. The van der Waals surface area contributed by atoms with Crippen LogP contribution in [0.2, 0.25) is 0 Å². The summed E-state index contributed by atoms with van der Waals surface area (Å²) >= 11 is 0. The zero-order chi connectivity index (χ0) is 14.3. The molecule has 0 bridgehead atoms. The molecule has 0 aromatic heterocycles. The summed E-state index contributed by atoms with van der Waals surface area (Å²) in [5, 5.41) is 101. The summed E-state index contributed by atoms with van der Waals surface area (Å²) in [5.74, 6) is 0. The smallest absolute Gasteiger partial charge is 0 e. The van der Waals surface area contributed by atoms with Crippen LogP contribution < -0.4 is 60.3 Å². The molecule has 0 unspecified atom stereocenters. The van der Waals surface area contributed by atoms with Gasteiger partial charge in [0.2, 0.25) is 0 Å². The third kappa shape index (κ3) is 1620. The molecule has 19 heavy (non-hydrogen) atoms. The Morgan fingerprint density at radius 1 is 0.263 bits per heavy atom. The van der Waals surface area contributed by atoms with Crippen LogP contribution in [0.1, 0.15) is 0 Å². The minimum absolute atomic E-state index is 0. The molecular weight excluding hydrogens is 778 g/mol. The molecule has 0 amide bonds. The maximum atomic E-state index is 8.42. The molecule has 19 heteroatoms. The van der Waals surface area contributed by atoms with Gasteiger partial charge in [0, 0.05) is 67.1 Å². The summed E-state index contributed by atoms with van der Waals surface area (Å²) < 4.78 is 0. The second kappa shape index (κ2) is 36.8. The van der Waals surface area contributed by atoms with Crippen molar-refractivity contribution in [1.29, 1.82) is 0 Å². The van der Waals surface area contributed by atoms with Crippen LogP contribution in [0, 0.1) is 0 Å². The molecule has 0 saturated carbocycles. The SMILES string of the molecule is [O-]B([O-])[O-].[O-]B([O-])[O-].[O-]B([O-])[O-].[O-]B([O-])[O-].[Ta].[Ta].[Ta]. The first-order chi connectivity index (χ1) is 6.93. The Balaban J connectivity index is -0.0000000192. The maximum absolute atomic E-state index is 8.42. The number of hydrogen-bond donors (Lipinski definition) is 0. The van der Waals surface area contributed by atoms with Crippen molar-refractivity contribution < 1.29 is 127 Å². The molecule has 0 rings (SSSR count). The molecule has 0 atom stereocenters. The van der Waals surface area contributed by atoms with E-state index in [-0.39, 0.29) is 67.1 Å². The zero-order valence-corrected chi connectivity index (χ0v) is 18.2. The van der Waals surface area contributed by atoms with Gasteiger partial charge in [-0.2, -0.15) is 0 Å². The molecule has 0 fully saturated rings. The van der Waals surface area contributed by atoms with Crippen molar-refractivity contribution in [2.75, 3.05) is 0 Å². The molecule has 0 N–H and O–H groups in total. The van der Waals surface area contributed by atoms with Crippen LogP contribution in [-0.2, 0) is 67.1 Å². The number of rotatable bonds is 0. The van der Waals surface area contributed by atoms with Gasteiger partial charge in [0.15, 0.2) is 0 Å². The Morgan fingerprint density at radius 2 is 0.263 bits per heavy atom. The van der Waals surface area contributed by atoms with E-state index in [1.54, 1.807) is 0 Å². The predicted molar refractivity (Wildman–Crippen MR) is 23.0 cm³/mol. The molecule has 0 aliphatic heterocycles. The molecule has 0 aliphatic rings. The van der Waals surface area contributed by atoms with E-state index in [4.69, 9.17) is 60.3 Å². The summed E-state index contributed by atoms with van der Waals surface area (Å²) in [6, 6.07) is 0. The van der Waals surface area contributed by atoms with Crippen molar-refractivity contribution in [2.24, 2.45) is 0 Å². The molecule has 3 radical (unpaired) electrons. The van der Waals surface area contributed by atoms with Crippen LogP contribution in [0.3, 0.4) is 0 Å². The van der Waals surface area contributed by atoms with E-state index in [1.807, 2.05) is 0 Å². The first-order valence-corrected chi connectivity index (χ1v) is 2.83. The molecule has 0 aromatic rings. The van der Waals surface area contributed by atoms with Gasteiger partial charge in [0.25, 0.3) is 0 Å². The standard InChI is InChI=1S/4BO3.3Ta/c4*2-1(3)4;;;/q4*-3;;;. The normalized spacial score (nSPS) is 5.68. The average molecular weight is 778 g/mol. The van der Waals surface area contributed by atoms with Crippen LogP contribution in [0.15, 0.2) is 0 Å². The fourth-order valence-electron chi connectivity index (χ4n) is 0. The van der Waals surface area contributed by atoms with Crippen LogP contribution in [0.5, 0.6) is 0 Å². The second-order valence-corrected chi connectivity index (χ2v) is 1.15. The topological polar surface area (TPSA) is 277 Å². The van der Waals surface area contributed by atoms with Gasteiger partial charge >= 0.3 is 0 Å². The van der Waals surface area contributed by atoms with E-state index < -0.39 is 29.3 Å². The van der Waals surface area contributed by atoms with Gasteiger partial charge in [0.1, 0.15) is 0 Å². The summed E-state index contributed by atoms with van der Waals surface area (Å²) in [7, 11) is -11.7. The van der Waals surface area contributed by atoms with Gasteiger partial charge in [-0.1, -0.05) is 0 Å². The monoisotopic (exact) mass is 779 g/mol. The Labute approximate surface area is 156 Å². The zero-order valence-electron chi connectivity index (χ0n) is 8.55. The van der Waals surface area contributed by atoms with Gasteiger partial charge in [-0.3, -0.25) is 29.3 Å². The Bertz CT molecular complexity index is 68.0. The molecule has 12 nitrogen and oxygen atoms in total. The van der Waals surface area contributed by atoms with Crippen LogP contribution in [0.4, 0.5) is 0 Å². The molecular formula is B4O12Ta3-12. The number of hydrogen-bond acceptors (Lipinski definition) is 12. The van der Waals surface area contributed by atoms with Crippen molar-refractivity contribution in [1.82, 2.24) is 0 Å². The summed E-state index contributed by atoms with van der Waals surface area (Å²) in [4.78, 5) is 0. The maximum Gasteiger partial charge on any atom is 0 e. The van der Waals surface area contributed by atoms with Gasteiger partial charge in [0.05, 0.1) is 0 Å². The van der Waals surface area contributed by atoms with E-state index in [1.165, 1.54) is 0 Å². The first-order valence-electron chi connectivity index (χ1n) is 2.83. The van der Waals surface area contributed by atoms with Crippen molar-refractivity contribution in [2.45, 2.75) is 0 Å². The minimum Gasteiger partial charge on any atom is -0.907 e. The molecule has 0 aliphatic carbocycles. The summed E-state index contributed by atoms with van der Waals surface area (Å²) in [6.07, 6.45) is 0. The molecule has 111 valence electrons. The molecule has 0 saturated heterocycles. The van der Waals surface area contributed by atoms with Gasteiger partial charge < -0.3 is 60.3 Å². The second-order valence-electron chi connectivity index (χ2n) is 1.15. The summed E-state index contributed by atoms with van der Waals surface area (Å²) in [5.41, 5.74) is 0. The third-order valence-electron chi connectivity index (χ3n) is 0. The molecule has 0 aromatic carbocycles. The Kier molecular flexibility index (Phi) is 83.1. The minimum atomic E-state index is -2.92. The van der Waals surface area contributed by atoms with Gasteiger partial charge in [-0.05, 0) is 0 Å². The quantitative estimate of drug-likeness (QED) is 0.207. The molecule has 0 heterocycles. The van der Waals surface area contributed by atoms with Crippen LogP contribution in [-0.4, -0.2) is 29.3 Å². The predicted octanol–water partition coefficient (Wildman–Crippen LogP) is -15.8. The van der Waals surface area contributed by atoms with Crippen molar-refractivity contribution in [3.05, 3.63) is 0 Å². The van der Waals surface area contributed by atoms with Gasteiger partial charge in [-0.15, -0.1) is 0 Å². The fraction of sp³-hybridized carbons (Fsp3) is 0. The Morgan fingerprint density at radius 3 is 0.263 bits per heavy atom. The van der Waals surface area contributed by atoms with Crippen LogP contribution in [0.25, 0.3) is 0 Å². The molecule has 0 spiro atoms. The third-order valence-corrected chi connectivity index (χ3v) is 0. The van der Waals surface area contributed by atoms with E-state index in [0.29, 0.717) is 0 Å². The van der Waals surface area contributed by atoms with E-state index in [2.05, 4.69) is 0 Å². The summed E-state index contributed by atoms with van der Waals surface area (Å²) in [6.45, 7) is 0.